The molecule has 2 N–H and O–H groups in total. The number of anilines is 1. The van der Waals surface area contributed by atoms with Gasteiger partial charge in [-0.25, -0.2) is 4.39 Å². The van der Waals surface area contributed by atoms with Gasteiger partial charge in [-0.1, -0.05) is 23.2 Å². The summed E-state index contributed by atoms with van der Waals surface area (Å²) in [5, 5.41) is 18.6. The van der Waals surface area contributed by atoms with Gasteiger partial charge in [0.2, 0.25) is 5.13 Å². The second-order valence-corrected chi connectivity index (χ2v) is 4.50. The van der Waals surface area contributed by atoms with E-state index in [1.165, 1.54) is 17.6 Å². The molecule has 5 nitrogen and oxygen atoms in total. The first-order valence-corrected chi connectivity index (χ1v) is 6.55. The molecule has 1 aromatic heterocycles. The Hall–Kier alpha value is -2.30. The molecule has 0 saturated carbocycles. The minimum absolute atomic E-state index is 0.0438. The maximum atomic E-state index is 13.8. The molecule has 1 aromatic carbocycles. The number of rotatable bonds is 3. The third kappa shape index (κ3) is 3.60. The molecular formula is C13H10FN3O2S. The normalized spacial score (nSPS) is 9.70. The quantitative estimate of drug-likeness (QED) is 0.843. The molecule has 0 saturated heterocycles. The first kappa shape index (κ1) is 14.1. The van der Waals surface area contributed by atoms with Gasteiger partial charge in [-0.05, 0) is 18.2 Å². The number of aromatic nitrogens is 2. The third-order valence-electron chi connectivity index (χ3n) is 2.26. The number of nitrogens with zero attached hydrogens (tertiary/aromatic N) is 2. The van der Waals surface area contributed by atoms with Crippen LogP contribution in [0.5, 0.6) is 0 Å². The van der Waals surface area contributed by atoms with Crippen LogP contribution in [0, 0.1) is 17.7 Å². The molecule has 0 aliphatic rings. The first-order valence-electron chi connectivity index (χ1n) is 5.67. The van der Waals surface area contributed by atoms with Crippen LogP contribution < -0.4 is 5.32 Å². The van der Waals surface area contributed by atoms with Gasteiger partial charge in [-0.3, -0.25) is 10.1 Å². The van der Waals surface area contributed by atoms with Crippen molar-refractivity contribution in [2.24, 2.45) is 0 Å². The minimum Gasteiger partial charge on any atom is -0.395 e. The van der Waals surface area contributed by atoms with Gasteiger partial charge in [-0.2, -0.15) is 0 Å². The van der Waals surface area contributed by atoms with Crippen LogP contribution in [-0.2, 0) is 0 Å². The van der Waals surface area contributed by atoms with Gasteiger partial charge < -0.3 is 5.11 Å². The summed E-state index contributed by atoms with van der Waals surface area (Å²) in [4.78, 5) is 11.8. The van der Waals surface area contributed by atoms with Crippen LogP contribution in [0.25, 0.3) is 0 Å². The second kappa shape index (κ2) is 6.75. The molecule has 1 amide bonds. The predicted octanol–water partition coefficient (Wildman–Crippen LogP) is 1.66. The molecule has 0 bridgehead atoms. The Morgan fingerprint density at radius 1 is 1.50 bits per heavy atom. The Morgan fingerprint density at radius 3 is 3.00 bits per heavy atom. The number of hydrogen-bond acceptors (Lipinski definition) is 5. The molecular weight excluding hydrogens is 281 g/mol. The minimum atomic E-state index is -0.664. The molecule has 0 radical (unpaired) electrons. The fourth-order valence-corrected chi connectivity index (χ4v) is 1.83. The summed E-state index contributed by atoms with van der Waals surface area (Å²) >= 11 is 1.15. The smallest absolute Gasteiger partial charge is 0.260 e. The highest BCUT2D eigenvalue weighted by molar-refractivity contribution is 7.13. The van der Waals surface area contributed by atoms with Gasteiger partial charge >= 0.3 is 0 Å². The highest BCUT2D eigenvalue weighted by Crippen LogP contribution is 2.14. The highest BCUT2D eigenvalue weighted by atomic mass is 32.1. The average Bonchev–Trinajstić information content (AvgIpc) is 2.92. The average molecular weight is 291 g/mol. The van der Waals surface area contributed by atoms with Crippen molar-refractivity contribution in [1.29, 1.82) is 0 Å². The van der Waals surface area contributed by atoms with Crippen molar-refractivity contribution in [2.45, 2.75) is 6.42 Å². The van der Waals surface area contributed by atoms with Crippen molar-refractivity contribution >= 4 is 22.4 Å². The van der Waals surface area contributed by atoms with Crippen LogP contribution in [-0.4, -0.2) is 27.8 Å². The molecule has 20 heavy (non-hydrogen) atoms. The number of carbonyl (C=O) groups excluding carboxylic acids is 1. The maximum absolute atomic E-state index is 13.8. The SMILES string of the molecule is O=C(Nc1nncs1)c1ccc(C#CCCO)cc1F. The number of aliphatic hydroxyl groups is 1. The zero-order chi connectivity index (χ0) is 14.4. The summed E-state index contributed by atoms with van der Waals surface area (Å²) in [5.41, 5.74) is 1.82. The van der Waals surface area contributed by atoms with E-state index in [-0.39, 0.29) is 12.2 Å². The summed E-state index contributed by atoms with van der Waals surface area (Å²) in [6, 6.07) is 4.08. The Labute approximate surface area is 118 Å². The van der Waals surface area contributed by atoms with E-state index in [2.05, 4.69) is 27.4 Å². The Kier molecular flexibility index (Phi) is 4.76. The second-order valence-electron chi connectivity index (χ2n) is 3.67. The molecule has 0 atom stereocenters. The number of aliphatic hydroxyl groups excluding tert-OH is 1. The highest BCUT2D eigenvalue weighted by Gasteiger charge is 2.13. The standard InChI is InChI=1S/C13H10FN3O2S/c14-11-7-9(3-1-2-6-18)4-5-10(11)12(19)16-13-17-15-8-20-13/h4-5,7-8,18H,2,6H2,(H,16,17,19). The van der Waals surface area contributed by atoms with E-state index in [1.807, 2.05) is 0 Å². The lowest BCUT2D eigenvalue weighted by molar-refractivity contribution is 0.102. The summed E-state index contributed by atoms with van der Waals surface area (Å²) in [6.07, 6.45) is 0.320. The van der Waals surface area contributed by atoms with Gasteiger partial charge in [0, 0.05) is 12.0 Å². The van der Waals surface area contributed by atoms with Crippen LogP contribution in [0.15, 0.2) is 23.7 Å². The van der Waals surface area contributed by atoms with Crippen molar-refractivity contribution in [2.75, 3.05) is 11.9 Å². The van der Waals surface area contributed by atoms with Crippen LogP contribution in [0.1, 0.15) is 22.3 Å². The number of amides is 1. The van der Waals surface area contributed by atoms with Gasteiger partial charge in [0.25, 0.3) is 5.91 Å². The summed E-state index contributed by atoms with van der Waals surface area (Å²) in [5.74, 6) is 4.12. The number of benzene rings is 1. The molecule has 7 heteroatoms. The monoisotopic (exact) mass is 291 g/mol. The molecule has 0 aliphatic carbocycles. The van der Waals surface area contributed by atoms with Gasteiger partial charge in [0.1, 0.15) is 11.3 Å². The van der Waals surface area contributed by atoms with E-state index in [0.29, 0.717) is 17.1 Å². The fourth-order valence-electron chi connectivity index (χ4n) is 1.39. The van der Waals surface area contributed by atoms with Crippen molar-refractivity contribution in [1.82, 2.24) is 10.2 Å². The summed E-state index contributed by atoms with van der Waals surface area (Å²) in [6.45, 7) is -0.0438. The van der Waals surface area contributed by atoms with Crippen LogP contribution in [0.2, 0.25) is 0 Å². The molecule has 0 aliphatic heterocycles. The number of nitrogens with one attached hydrogen (secondary N) is 1. The van der Waals surface area contributed by atoms with Crippen LogP contribution in [0.3, 0.4) is 0 Å². The summed E-state index contributed by atoms with van der Waals surface area (Å²) in [7, 11) is 0. The van der Waals surface area contributed by atoms with E-state index >= 15 is 0 Å². The van der Waals surface area contributed by atoms with Crippen molar-refractivity contribution in [3.05, 3.63) is 40.7 Å². The Morgan fingerprint density at radius 2 is 2.35 bits per heavy atom. The molecule has 0 spiro atoms. The van der Waals surface area contributed by atoms with E-state index < -0.39 is 11.7 Å². The molecule has 102 valence electrons. The molecule has 1 heterocycles. The van der Waals surface area contributed by atoms with Gasteiger partial charge in [0.05, 0.1) is 12.2 Å². The van der Waals surface area contributed by atoms with E-state index in [0.717, 1.165) is 11.3 Å². The maximum Gasteiger partial charge on any atom is 0.260 e. The zero-order valence-corrected chi connectivity index (χ0v) is 11.1. The summed E-state index contributed by atoms with van der Waals surface area (Å²) < 4.78 is 13.8. The molecule has 2 rings (SSSR count). The van der Waals surface area contributed by atoms with Crippen LogP contribution >= 0.6 is 11.3 Å². The number of carbonyl (C=O) groups is 1. The topological polar surface area (TPSA) is 75.1 Å². The molecule has 0 fully saturated rings. The third-order valence-corrected chi connectivity index (χ3v) is 2.87. The van der Waals surface area contributed by atoms with Crippen molar-refractivity contribution in [3.63, 3.8) is 0 Å². The van der Waals surface area contributed by atoms with E-state index in [9.17, 15) is 9.18 Å². The van der Waals surface area contributed by atoms with Crippen molar-refractivity contribution < 1.29 is 14.3 Å². The number of halogens is 1. The number of hydrogen-bond donors (Lipinski definition) is 2. The lowest BCUT2D eigenvalue weighted by Crippen LogP contribution is -2.13. The van der Waals surface area contributed by atoms with Crippen molar-refractivity contribution in [3.8, 4) is 11.8 Å². The van der Waals surface area contributed by atoms with E-state index in [1.54, 1.807) is 6.07 Å². The van der Waals surface area contributed by atoms with E-state index in [4.69, 9.17) is 5.11 Å². The Bertz CT molecular complexity index is 662. The molecule has 2 aromatic rings. The fraction of sp³-hybridized carbons (Fsp3) is 0.154. The lowest BCUT2D eigenvalue weighted by atomic mass is 10.1. The largest absolute Gasteiger partial charge is 0.395 e. The zero-order valence-electron chi connectivity index (χ0n) is 10.3. The van der Waals surface area contributed by atoms with Crippen LogP contribution in [0.4, 0.5) is 9.52 Å². The first-order chi connectivity index (χ1) is 9.70. The van der Waals surface area contributed by atoms with Gasteiger partial charge in [0.15, 0.2) is 0 Å². The predicted molar refractivity (Wildman–Crippen MR) is 72.8 cm³/mol. The Balaban J connectivity index is 2.13. The van der Waals surface area contributed by atoms with Gasteiger partial charge in [-0.15, -0.1) is 10.2 Å². The lowest BCUT2D eigenvalue weighted by Gasteiger charge is -2.03. The molecule has 0 unspecified atom stereocenters.